The SMILES string of the molecule is CCC1CCOC1CC(C)(C)CO. The van der Waals surface area contributed by atoms with E-state index in [1.54, 1.807) is 0 Å². The van der Waals surface area contributed by atoms with Crippen molar-refractivity contribution in [3.63, 3.8) is 0 Å². The summed E-state index contributed by atoms with van der Waals surface area (Å²) in [6.45, 7) is 7.58. The Hall–Kier alpha value is -0.0800. The molecule has 1 saturated heterocycles. The maximum atomic E-state index is 9.16. The van der Waals surface area contributed by atoms with E-state index < -0.39 is 0 Å². The van der Waals surface area contributed by atoms with Crippen LogP contribution in [0.3, 0.4) is 0 Å². The lowest BCUT2D eigenvalue weighted by Gasteiger charge is -2.27. The molecule has 0 amide bonds. The summed E-state index contributed by atoms with van der Waals surface area (Å²) in [5.74, 6) is 0.714. The summed E-state index contributed by atoms with van der Waals surface area (Å²) in [7, 11) is 0. The number of hydrogen-bond acceptors (Lipinski definition) is 2. The van der Waals surface area contributed by atoms with E-state index in [9.17, 15) is 0 Å². The highest BCUT2D eigenvalue weighted by Gasteiger charge is 2.31. The monoisotopic (exact) mass is 186 g/mol. The highest BCUT2D eigenvalue weighted by Crippen LogP contribution is 2.33. The molecule has 0 saturated carbocycles. The Morgan fingerprint density at radius 2 is 2.15 bits per heavy atom. The Labute approximate surface area is 81.3 Å². The molecule has 0 aromatic heterocycles. The van der Waals surface area contributed by atoms with Crippen molar-refractivity contribution in [2.24, 2.45) is 11.3 Å². The van der Waals surface area contributed by atoms with Crippen LogP contribution in [0.2, 0.25) is 0 Å². The van der Waals surface area contributed by atoms with Crippen LogP contribution in [0.25, 0.3) is 0 Å². The van der Waals surface area contributed by atoms with Crippen LogP contribution in [0, 0.1) is 11.3 Å². The van der Waals surface area contributed by atoms with Gasteiger partial charge < -0.3 is 9.84 Å². The van der Waals surface area contributed by atoms with E-state index in [0.29, 0.717) is 12.0 Å². The topological polar surface area (TPSA) is 29.5 Å². The van der Waals surface area contributed by atoms with Crippen LogP contribution in [0.4, 0.5) is 0 Å². The van der Waals surface area contributed by atoms with E-state index in [-0.39, 0.29) is 12.0 Å². The first-order valence-electron chi connectivity index (χ1n) is 5.31. The number of ether oxygens (including phenoxy) is 1. The van der Waals surface area contributed by atoms with Crippen molar-refractivity contribution >= 4 is 0 Å². The third-order valence-electron chi connectivity index (χ3n) is 3.05. The molecular weight excluding hydrogens is 164 g/mol. The van der Waals surface area contributed by atoms with E-state index in [1.807, 2.05) is 0 Å². The third kappa shape index (κ3) is 2.96. The summed E-state index contributed by atoms with van der Waals surface area (Å²) in [6, 6.07) is 0. The van der Waals surface area contributed by atoms with Gasteiger partial charge in [-0.2, -0.15) is 0 Å². The molecule has 1 N–H and O–H groups in total. The molecule has 0 aromatic rings. The Morgan fingerprint density at radius 3 is 2.69 bits per heavy atom. The molecule has 2 unspecified atom stereocenters. The molecule has 1 rings (SSSR count). The van der Waals surface area contributed by atoms with Gasteiger partial charge in [0.2, 0.25) is 0 Å². The van der Waals surface area contributed by atoms with Crippen molar-refractivity contribution in [1.29, 1.82) is 0 Å². The summed E-state index contributed by atoms with van der Waals surface area (Å²) < 4.78 is 5.68. The molecule has 0 aliphatic carbocycles. The fourth-order valence-corrected chi connectivity index (χ4v) is 1.99. The lowest BCUT2D eigenvalue weighted by molar-refractivity contribution is 0.0308. The van der Waals surface area contributed by atoms with Gasteiger partial charge in [0.05, 0.1) is 6.10 Å². The minimum Gasteiger partial charge on any atom is -0.396 e. The molecule has 1 aliphatic rings. The summed E-state index contributed by atoms with van der Waals surface area (Å²) in [5, 5.41) is 9.16. The van der Waals surface area contributed by atoms with Crippen molar-refractivity contribution in [3.05, 3.63) is 0 Å². The number of hydrogen-bond donors (Lipinski definition) is 1. The van der Waals surface area contributed by atoms with E-state index in [2.05, 4.69) is 20.8 Å². The van der Waals surface area contributed by atoms with Gasteiger partial charge in [-0.3, -0.25) is 0 Å². The standard InChI is InChI=1S/C11H22O2/c1-4-9-5-6-13-10(9)7-11(2,3)8-12/h9-10,12H,4-8H2,1-3H3. The molecule has 2 atom stereocenters. The highest BCUT2D eigenvalue weighted by atomic mass is 16.5. The van der Waals surface area contributed by atoms with Crippen molar-refractivity contribution in [2.45, 2.75) is 46.1 Å². The lowest BCUT2D eigenvalue weighted by atomic mass is 9.83. The van der Waals surface area contributed by atoms with Crippen molar-refractivity contribution < 1.29 is 9.84 Å². The molecule has 0 spiro atoms. The average Bonchev–Trinajstić information content (AvgIpc) is 2.51. The molecule has 0 bridgehead atoms. The van der Waals surface area contributed by atoms with Crippen LogP contribution < -0.4 is 0 Å². The molecule has 13 heavy (non-hydrogen) atoms. The first-order valence-corrected chi connectivity index (χ1v) is 5.31. The second-order valence-corrected chi connectivity index (χ2v) is 4.89. The fourth-order valence-electron chi connectivity index (χ4n) is 1.99. The van der Waals surface area contributed by atoms with Crippen LogP contribution in [-0.4, -0.2) is 24.4 Å². The maximum Gasteiger partial charge on any atom is 0.0609 e. The van der Waals surface area contributed by atoms with Gasteiger partial charge in [0.25, 0.3) is 0 Å². The predicted molar refractivity (Wildman–Crippen MR) is 53.6 cm³/mol. The van der Waals surface area contributed by atoms with Gasteiger partial charge in [0.15, 0.2) is 0 Å². The van der Waals surface area contributed by atoms with Gasteiger partial charge in [-0.25, -0.2) is 0 Å². The van der Waals surface area contributed by atoms with Gasteiger partial charge in [-0.15, -0.1) is 0 Å². The van der Waals surface area contributed by atoms with Crippen LogP contribution in [0.1, 0.15) is 40.0 Å². The maximum absolute atomic E-state index is 9.16. The Balaban J connectivity index is 2.43. The zero-order chi connectivity index (χ0) is 9.90. The van der Waals surface area contributed by atoms with E-state index in [1.165, 1.54) is 12.8 Å². The summed E-state index contributed by atoms with van der Waals surface area (Å²) in [5.41, 5.74) is 0.0163. The Morgan fingerprint density at radius 1 is 1.46 bits per heavy atom. The Bertz CT molecular complexity index is 154. The molecule has 0 aromatic carbocycles. The summed E-state index contributed by atoms with van der Waals surface area (Å²) in [4.78, 5) is 0. The molecule has 2 nitrogen and oxygen atoms in total. The summed E-state index contributed by atoms with van der Waals surface area (Å²) in [6.07, 6.45) is 3.77. The molecular formula is C11H22O2. The first-order chi connectivity index (χ1) is 6.09. The minimum atomic E-state index is 0.0163. The van der Waals surface area contributed by atoms with E-state index in [0.717, 1.165) is 13.0 Å². The number of rotatable bonds is 4. The highest BCUT2D eigenvalue weighted by molar-refractivity contribution is 4.81. The lowest BCUT2D eigenvalue weighted by Crippen LogP contribution is -2.27. The molecule has 2 heteroatoms. The van der Waals surface area contributed by atoms with Crippen LogP contribution in [0.5, 0.6) is 0 Å². The van der Waals surface area contributed by atoms with Crippen LogP contribution in [-0.2, 0) is 4.74 Å². The van der Waals surface area contributed by atoms with E-state index in [4.69, 9.17) is 9.84 Å². The fraction of sp³-hybridized carbons (Fsp3) is 1.00. The van der Waals surface area contributed by atoms with Gasteiger partial charge in [-0.1, -0.05) is 27.2 Å². The smallest absolute Gasteiger partial charge is 0.0609 e. The van der Waals surface area contributed by atoms with Gasteiger partial charge in [0, 0.05) is 13.2 Å². The summed E-state index contributed by atoms with van der Waals surface area (Å²) >= 11 is 0. The average molecular weight is 186 g/mol. The molecule has 0 radical (unpaired) electrons. The van der Waals surface area contributed by atoms with Gasteiger partial charge >= 0.3 is 0 Å². The second kappa shape index (κ2) is 4.43. The predicted octanol–water partition coefficient (Wildman–Crippen LogP) is 2.21. The van der Waals surface area contributed by atoms with Crippen molar-refractivity contribution in [1.82, 2.24) is 0 Å². The Kier molecular flexibility index (Phi) is 3.74. The normalized spacial score (nSPS) is 29.5. The third-order valence-corrected chi connectivity index (χ3v) is 3.05. The van der Waals surface area contributed by atoms with E-state index >= 15 is 0 Å². The molecule has 1 aliphatic heterocycles. The second-order valence-electron chi connectivity index (χ2n) is 4.89. The molecule has 1 heterocycles. The minimum absolute atomic E-state index is 0.0163. The first kappa shape index (κ1) is 11.0. The van der Waals surface area contributed by atoms with Crippen LogP contribution in [0.15, 0.2) is 0 Å². The zero-order valence-electron chi connectivity index (χ0n) is 9.05. The van der Waals surface area contributed by atoms with Crippen molar-refractivity contribution in [2.75, 3.05) is 13.2 Å². The van der Waals surface area contributed by atoms with Crippen molar-refractivity contribution in [3.8, 4) is 0 Å². The largest absolute Gasteiger partial charge is 0.396 e. The zero-order valence-corrected chi connectivity index (χ0v) is 9.05. The quantitative estimate of drug-likeness (QED) is 0.729. The van der Waals surface area contributed by atoms with Gasteiger partial charge in [0.1, 0.15) is 0 Å². The molecule has 78 valence electrons. The van der Waals surface area contributed by atoms with Crippen LogP contribution >= 0.6 is 0 Å². The molecule has 1 fully saturated rings. The number of aliphatic hydroxyl groups is 1. The van der Waals surface area contributed by atoms with Gasteiger partial charge in [-0.05, 0) is 24.2 Å². The number of aliphatic hydroxyl groups excluding tert-OH is 1.